The topological polar surface area (TPSA) is 80.1 Å². The number of nitrogens with one attached hydrogen (secondary N) is 1. The fraction of sp³-hybridized carbons (Fsp3) is 0.238. The summed E-state index contributed by atoms with van der Waals surface area (Å²) in [6.45, 7) is 1.05. The van der Waals surface area contributed by atoms with Gasteiger partial charge in [-0.25, -0.2) is 9.67 Å². The molecule has 1 aliphatic rings. The molecule has 29 heavy (non-hydrogen) atoms. The van der Waals surface area contributed by atoms with Crippen LogP contribution in [0.3, 0.4) is 0 Å². The van der Waals surface area contributed by atoms with Crippen molar-refractivity contribution in [1.82, 2.24) is 20.1 Å². The van der Waals surface area contributed by atoms with Crippen LogP contribution < -0.4 is 10.2 Å². The van der Waals surface area contributed by atoms with Crippen molar-refractivity contribution in [3.8, 4) is 5.82 Å². The van der Waals surface area contributed by atoms with E-state index in [2.05, 4.69) is 15.4 Å². The van der Waals surface area contributed by atoms with E-state index < -0.39 is 0 Å². The summed E-state index contributed by atoms with van der Waals surface area (Å²) < 4.78 is 1.67. The Morgan fingerprint density at radius 3 is 2.79 bits per heavy atom. The van der Waals surface area contributed by atoms with Crippen molar-refractivity contribution in [1.29, 1.82) is 0 Å². The Morgan fingerprint density at radius 1 is 1.10 bits per heavy atom. The number of benzene rings is 1. The van der Waals surface area contributed by atoms with Crippen LogP contribution in [-0.4, -0.2) is 38.9 Å². The van der Waals surface area contributed by atoms with Gasteiger partial charge in [-0.2, -0.15) is 5.10 Å². The molecular formula is C21H21N5O2S. The molecular weight excluding hydrogens is 386 g/mol. The molecule has 7 nitrogen and oxygen atoms in total. The minimum atomic E-state index is -0.144. The predicted molar refractivity (Wildman–Crippen MR) is 112 cm³/mol. The molecule has 0 spiro atoms. The van der Waals surface area contributed by atoms with E-state index in [1.54, 1.807) is 33.7 Å². The highest BCUT2D eigenvalue weighted by atomic mass is 32.2. The standard InChI is InChI=1S/C21H21N5O2S/c27-20(23-15-16-6-7-19(22-14-16)26-11-3-10-24-26)8-9-21(28)25-12-13-29-18-5-2-1-4-17(18)25/h1-7,10-11,14H,8-9,12-13,15H2,(H,23,27). The normalized spacial score (nSPS) is 13.0. The first kappa shape index (κ1) is 19.2. The minimum absolute atomic E-state index is 0.0156. The number of rotatable bonds is 6. The van der Waals surface area contributed by atoms with Gasteiger partial charge in [-0.3, -0.25) is 9.59 Å². The fourth-order valence-electron chi connectivity index (χ4n) is 3.13. The lowest BCUT2D eigenvalue weighted by Gasteiger charge is -2.29. The molecule has 0 saturated carbocycles. The van der Waals surface area contributed by atoms with Gasteiger partial charge in [0.1, 0.15) is 0 Å². The van der Waals surface area contributed by atoms with Crippen LogP contribution in [0.25, 0.3) is 5.82 Å². The van der Waals surface area contributed by atoms with Crippen molar-refractivity contribution < 1.29 is 9.59 Å². The minimum Gasteiger partial charge on any atom is -0.352 e. The molecule has 2 aromatic heterocycles. The Hall–Kier alpha value is -3.13. The molecule has 0 radical (unpaired) electrons. The molecule has 0 aliphatic carbocycles. The first-order valence-corrected chi connectivity index (χ1v) is 10.4. The van der Waals surface area contributed by atoms with Gasteiger partial charge in [0.05, 0.1) is 5.69 Å². The monoisotopic (exact) mass is 407 g/mol. The second-order valence-corrected chi connectivity index (χ2v) is 7.75. The number of carbonyl (C=O) groups is 2. The largest absolute Gasteiger partial charge is 0.352 e. The number of thioether (sulfide) groups is 1. The molecule has 1 aliphatic heterocycles. The SMILES string of the molecule is O=C(CCC(=O)N1CCSc2ccccc21)NCc1ccc(-n2cccn2)nc1. The molecule has 3 heterocycles. The van der Waals surface area contributed by atoms with Crippen LogP contribution in [0.1, 0.15) is 18.4 Å². The third-order valence-corrected chi connectivity index (χ3v) is 5.68. The Bertz CT molecular complexity index is 989. The van der Waals surface area contributed by atoms with Crippen LogP contribution in [0.4, 0.5) is 5.69 Å². The third-order valence-electron chi connectivity index (χ3n) is 4.63. The molecule has 4 rings (SSSR count). The first-order chi connectivity index (χ1) is 14.2. The number of amides is 2. The lowest BCUT2D eigenvalue weighted by molar-refractivity contribution is -0.125. The van der Waals surface area contributed by atoms with E-state index >= 15 is 0 Å². The summed E-state index contributed by atoms with van der Waals surface area (Å²) in [6, 6.07) is 13.5. The molecule has 8 heteroatoms. The zero-order valence-corrected chi connectivity index (χ0v) is 16.6. The van der Waals surface area contributed by atoms with Gasteiger partial charge in [0.15, 0.2) is 5.82 Å². The maximum absolute atomic E-state index is 12.6. The van der Waals surface area contributed by atoms with Gasteiger partial charge in [0, 0.05) is 55.2 Å². The molecule has 0 bridgehead atoms. The summed E-state index contributed by atoms with van der Waals surface area (Å²) in [4.78, 5) is 32.0. The predicted octanol–water partition coefficient (Wildman–Crippen LogP) is 2.80. The van der Waals surface area contributed by atoms with Crippen LogP contribution in [-0.2, 0) is 16.1 Å². The van der Waals surface area contributed by atoms with Crippen molar-refractivity contribution in [2.75, 3.05) is 17.2 Å². The number of hydrogen-bond acceptors (Lipinski definition) is 5. The van der Waals surface area contributed by atoms with Crippen molar-refractivity contribution in [3.63, 3.8) is 0 Å². The van der Waals surface area contributed by atoms with E-state index in [0.29, 0.717) is 13.1 Å². The van der Waals surface area contributed by atoms with E-state index in [0.717, 1.165) is 27.7 Å². The van der Waals surface area contributed by atoms with Gasteiger partial charge < -0.3 is 10.2 Å². The van der Waals surface area contributed by atoms with Crippen molar-refractivity contribution in [2.24, 2.45) is 0 Å². The van der Waals surface area contributed by atoms with E-state index in [4.69, 9.17) is 0 Å². The summed E-state index contributed by atoms with van der Waals surface area (Å²) in [5, 5.41) is 6.99. The third kappa shape index (κ3) is 4.65. The zero-order valence-electron chi connectivity index (χ0n) is 15.8. The van der Waals surface area contributed by atoms with Crippen LogP contribution in [0.2, 0.25) is 0 Å². The van der Waals surface area contributed by atoms with E-state index in [1.165, 1.54) is 0 Å². The fourth-order valence-corrected chi connectivity index (χ4v) is 4.13. The van der Waals surface area contributed by atoms with Crippen LogP contribution >= 0.6 is 11.8 Å². The molecule has 0 atom stereocenters. The average Bonchev–Trinajstić information content (AvgIpc) is 3.31. The molecule has 0 unspecified atom stereocenters. The number of anilines is 1. The van der Waals surface area contributed by atoms with Gasteiger partial charge in [-0.15, -0.1) is 11.8 Å². The second kappa shape index (κ2) is 8.91. The Labute approximate surface area is 173 Å². The molecule has 1 aromatic carbocycles. The smallest absolute Gasteiger partial charge is 0.227 e. The Morgan fingerprint density at radius 2 is 2.00 bits per heavy atom. The number of fused-ring (bicyclic) bond motifs is 1. The maximum Gasteiger partial charge on any atom is 0.227 e. The quantitative estimate of drug-likeness (QED) is 0.680. The number of hydrogen-bond donors (Lipinski definition) is 1. The van der Waals surface area contributed by atoms with Crippen molar-refractivity contribution >= 4 is 29.3 Å². The number of carbonyl (C=O) groups excluding carboxylic acids is 2. The first-order valence-electron chi connectivity index (χ1n) is 9.44. The summed E-state index contributed by atoms with van der Waals surface area (Å²) in [5.41, 5.74) is 1.83. The van der Waals surface area contributed by atoms with E-state index in [-0.39, 0.29) is 24.7 Å². The Kier molecular flexibility index (Phi) is 5.90. The van der Waals surface area contributed by atoms with Crippen LogP contribution in [0.15, 0.2) is 66.0 Å². The number of nitrogens with zero attached hydrogens (tertiary/aromatic N) is 4. The number of para-hydroxylation sites is 1. The molecule has 148 valence electrons. The van der Waals surface area contributed by atoms with Gasteiger partial charge in [0.2, 0.25) is 11.8 Å². The molecule has 1 N–H and O–H groups in total. The van der Waals surface area contributed by atoms with E-state index in [9.17, 15) is 9.59 Å². The lowest BCUT2D eigenvalue weighted by Crippen LogP contribution is -2.36. The molecule has 2 amide bonds. The molecule has 0 saturated heterocycles. The number of aromatic nitrogens is 3. The summed E-state index contributed by atoms with van der Waals surface area (Å²) >= 11 is 1.76. The summed E-state index contributed by atoms with van der Waals surface area (Å²) in [7, 11) is 0. The van der Waals surface area contributed by atoms with Gasteiger partial charge in [-0.1, -0.05) is 18.2 Å². The Balaban J connectivity index is 1.26. The highest BCUT2D eigenvalue weighted by Crippen LogP contribution is 2.34. The van der Waals surface area contributed by atoms with Gasteiger partial charge in [0.25, 0.3) is 0 Å². The van der Waals surface area contributed by atoms with Gasteiger partial charge >= 0.3 is 0 Å². The summed E-state index contributed by atoms with van der Waals surface area (Å²) in [6.07, 6.45) is 5.59. The van der Waals surface area contributed by atoms with Crippen LogP contribution in [0.5, 0.6) is 0 Å². The highest BCUT2D eigenvalue weighted by Gasteiger charge is 2.22. The van der Waals surface area contributed by atoms with Crippen molar-refractivity contribution in [2.45, 2.75) is 24.3 Å². The number of pyridine rings is 1. The van der Waals surface area contributed by atoms with Gasteiger partial charge in [-0.05, 0) is 29.8 Å². The van der Waals surface area contributed by atoms with Crippen molar-refractivity contribution in [3.05, 3.63) is 66.6 Å². The zero-order chi connectivity index (χ0) is 20.1. The molecule has 0 fully saturated rings. The molecule has 3 aromatic rings. The summed E-state index contributed by atoms with van der Waals surface area (Å²) in [5.74, 6) is 1.43. The van der Waals surface area contributed by atoms with E-state index in [1.807, 2.05) is 48.7 Å². The maximum atomic E-state index is 12.6. The lowest BCUT2D eigenvalue weighted by atomic mass is 10.2. The van der Waals surface area contributed by atoms with Crippen LogP contribution in [0, 0.1) is 0 Å². The second-order valence-electron chi connectivity index (χ2n) is 6.61. The average molecular weight is 407 g/mol. The highest BCUT2D eigenvalue weighted by molar-refractivity contribution is 7.99.